The lowest BCUT2D eigenvalue weighted by Crippen LogP contribution is -2.42. The molecule has 0 spiro atoms. The van der Waals surface area contributed by atoms with Gasteiger partial charge in [0.05, 0.1) is 32.4 Å². The summed E-state index contributed by atoms with van der Waals surface area (Å²) in [5.41, 5.74) is 9.53. The molecule has 0 radical (unpaired) electrons. The number of nitrogen functional groups attached to an aromatic ring is 1. The number of hydrogen-bond donors (Lipinski definition) is 2. The Hall–Kier alpha value is -3.86. The molecule has 0 bridgehead atoms. The van der Waals surface area contributed by atoms with Gasteiger partial charge < -0.3 is 34.7 Å². The van der Waals surface area contributed by atoms with E-state index in [9.17, 15) is 9.59 Å². The minimum absolute atomic E-state index is 0.174. The second-order valence-corrected chi connectivity index (χ2v) is 9.54. The van der Waals surface area contributed by atoms with Crippen molar-refractivity contribution in [3.8, 4) is 5.75 Å². The molecule has 1 aliphatic rings. The predicted molar refractivity (Wildman–Crippen MR) is 149 cm³/mol. The molecule has 0 unspecified atom stereocenters. The van der Waals surface area contributed by atoms with E-state index < -0.39 is 5.97 Å². The number of morpholine rings is 1. The number of carbonyl (C=O) groups excluding carboxylic acids is 2. The van der Waals surface area contributed by atoms with Crippen molar-refractivity contribution in [1.29, 1.82) is 0 Å². The van der Waals surface area contributed by atoms with Crippen LogP contribution >= 0.6 is 0 Å². The number of nitrogens with two attached hydrogens (primary N) is 1. The summed E-state index contributed by atoms with van der Waals surface area (Å²) < 4.78 is 18.2. The maximum atomic E-state index is 12.3. The highest BCUT2D eigenvalue weighted by Crippen LogP contribution is 2.27. The molecule has 39 heavy (non-hydrogen) atoms. The van der Waals surface area contributed by atoms with E-state index in [1.54, 1.807) is 12.0 Å². The lowest BCUT2D eigenvalue weighted by atomic mass is 10.1. The highest BCUT2D eigenvalue weighted by Gasteiger charge is 2.19. The van der Waals surface area contributed by atoms with Crippen LogP contribution in [0, 0.1) is 0 Å². The number of benzene rings is 1. The SMILES string of the molecule is CCCCCNc1nc(N)nc2ccn(Cc3cc(CCC(=O)OCC(=O)N4CCOCC4)ccc3OC)c12. The summed E-state index contributed by atoms with van der Waals surface area (Å²) in [4.78, 5) is 35.1. The van der Waals surface area contributed by atoms with Gasteiger partial charge in [-0.1, -0.05) is 31.9 Å². The molecule has 1 aliphatic heterocycles. The standard InChI is InChI=1S/C28H38N6O5/c1-3-4-5-11-30-27-26-22(31-28(29)32-27)10-12-34(26)18-21-17-20(6-8-23(21)37-2)7-9-25(36)39-19-24(35)33-13-15-38-16-14-33/h6,8,10,12,17H,3-5,7,9,11,13-16,18-19H2,1-2H3,(H3,29,30,31,32). The van der Waals surface area contributed by atoms with Crippen LogP contribution in [-0.2, 0) is 32.0 Å². The van der Waals surface area contributed by atoms with E-state index in [2.05, 4.69) is 26.8 Å². The molecule has 0 saturated carbocycles. The second kappa shape index (κ2) is 13.8. The molecule has 210 valence electrons. The van der Waals surface area contributed by atoms with Crippen molar-refractivity contribution in [2.45, 2.75) is 45.6 Å². The van der Waals surface area contributed by atoms with Gasteiger partial charge in [0.1, 0.15) is 11.3 Å². The third kappa shape index (κ3) is 7.60. The molecule has 3 aromatic rings. The van der Waals surface area contributed by atoms with E-state index in [0.717, 1.165) is 53.7 Å². The number of unbranched alkanes of at least 4 members (excludes halogenated alkanes) is 2. The van der Waals surface area contributed by atoms with Crippen molar-refractivity contribution in [3.05, 3.63) is 41.6 Å². The molecule has 0 atom stereocenters. The molecule has 2 aromatic heterocycles. The molecule has 3 heterocycles. The quantitative estimate of drug-likeness (QED) is 0.249. The number of esters is 1. The Bertz CT molecular complexity index is 1270. The Labute approximate surface area is 228 Å². The zero-order chi connectivity index (χ0) is 27.6. The van der Waals surface area contributed by atoms with Crippen molar-refractivity contribution >= 4 is 34.7 Å². The third-order valence-corrected chi connectivity index (χ3v) is 6.72. The van der Waals surface area contributed by atoms with E-state index in [1.807, 2.05) is 30.5 Å². The van der Waals surface area contributed by atoms with E-state index in [4.69, 9.17) is 19.9 Å². The molecule has 1 saturated heterocycles. The van der Waals surface area contributed by atoms with Gasteiger partial charge in [-0.05, 0) is 30.5 Å². The summed E-state index contributed by atoms with van der Waals surface area (Å²) in [5, 5.41) is 3.42. The number of aryl methyl sites for hydroxylation is 1. The number of methoxy groups -OCH3 is 1. The number of hydrogen-bond acceptors (Lipinski definition) is 9. The number of nitrogens with zero attached hydrogens (tertiary/aromatic N) is 4. The molecule has 11 heteroatoms. The first kappa shape index (κ1) is 28.2. The monoisotopic (exact) mass is 538 g/mol. The third-order valence-electron chi connectivity index (χ3n) is 6.72. The summed E-state index contributed by atoms with van der Waals surface area (Å²) in [7, 11) is 1.64. The lowest BCUT2D eigenvalue weighted by Gasteiger charge is -2.26. The van der Waals surface area contributed by atoms with E-state index in [1.165, 1.54) is 0 Å². The summed E-state index contributed by atoms with van der Waals surface area (Å²) in [6, 6.07) is 7.80. The van der Waals surface area contributed by atoms with Gasteiger partial charge in [0.25, 0.3) is 5.91 Å². The number of anilines is 2. The van der Waals surface area contributed by atoms with Gasteiger partial charge in [-0.2, -0.15) is 4.98 Å². The number of ether oxygens (including phenoxy) is 3. The Kier molecular flexibility index (Phi) is 9.96. The van der Waals surface area contributed by atoms with Crippen LogP contribution in [0.2, 0.25) is 0 Å². The van der Waals surface area contributed by atoms with Gasteiger partial charge in [-0.15, -0.1) is 0 Å². The van der Waals surface area contributed by atoms with Gasteiger partial charge in [-0.3, -0.25) is 9.59 Å². The minimum atomic E-state index is -0.404. The van der Waals surface area contributed by atoms with E-state index in [0.29, 0.717) is 45.1 Å². The maximum absolute atomic E-state index is 12.3. The van der Waals surface area contributed by atoms with Crippen LogP contribution in [0.1, 0.15) is 43.7 Å². The Balaban J connectivity index is 1.41. The van der Waals surface area contributed by atoms with Crippen LogP contribution < -0.4 is 15.8 Å². The number of nitrogens with one attached hydrogen (secondary N) is 1. The van der Waals surface area contributed by atoms with Gasteiger partial charge in [-0.25, -0.2) is 4.98 Å². The fourth-order valence-corrected chi connectivity index (χ4v) is 4.62. The van der Waals surface area contributed by atoms with Crippen LogP contribution in [0.25, 0.3) is 11.0 Å². The molecule has 1 aromatic carbocycles. The van der Waals surface area contributed by atoms with Gasteiger partial charge >= 0.3 is 5.97 Å². The fraction of sp³-hybridized carbons (Fsp3) is 0.500. The Morgan fingerprint density at radius 1 is 1.15 bits per heavy atom. The largest absolute Gasteiger partial charge is 0.496 e. The molecule has 3 N–H and O–H groups in total. The minimum Gasteiger partial charge on any atom is -0.496 e. The van der Waals surface area contributed by atoms with Crippen molar-refractivity contribution in [2.24, 2.45) is 0 Å². The second-order valence-electron chi connectivity index (χ2n) is 9.54. The van der Waals surface area contributed by atoms with Crippen LogP contribution in [0.5, 0.6) is 5.75 Å². The Morgan fingerprint density at radius 3 is 2.74 bits per heavy atom. The fourth-order valence-electron chi connectivity index (χ4n) is 4.62. The molecular formula is C28H38N6O5. The van der Waals surface area contributed by atoms with E-state index >= 15 is 0 Å². The van der Waals surface area contributed by atoms with Crippen LogP contribution in [-0.4, -0.2) is 77.9 Å². The van der Waals surface area contributed by atoms with Crippen LogP contribution in [0.15, 0.2) is 30.5 Å². The first-order valence-electron chi connectivity index (χ1n) is 13.5. The van der Waals surface area contributed by atoms with Crippen molar-refractivity contribution in [1.82, 2.24) is 19.4 Å². The Morgan fingerprint density at radius 2 is 1.97 bits per heavy atom. The van der Waals surface area contributed by atoms with Gasteiger partial charge in [0.15, 0.2) is 12.4 Å². The number of fused-ring (bicyclic) bond motifs is 1. The molecule has 1 fully saturated rings. The smallest absolute Gasteiger partial charge is 0.306 e. The summed E-state index contributed by atoms with van der Waals surface area (Å²) in [5.74, 6) is 1.09. The lowest BCUT2D eigenvalue weighted by molar-refractivity contribution is -0.153. The number of rotatable bonds is 13. The topological polar surface area (TPSA) is 134 Å². The van der Waals surface area contributed by atoms with Gasteiger partial charge in [0.2, 0.25) is 5.95 Å². The molecule has 0 aliphatic carbocycles. The van der Waals surface area contributed by atoms with E-state index in [-0.39, 0.29) is 24.9 Å². The zero-order valence-corrected chi connectivity index (χ0v) is 22.8. The zero-order valence-electron chi connectivity index (χ0n) is 22.8. The van der Waals surface area contributed by atoms with Crippen molar-refractivity contribution in [3.63, 3.8) is 0 Å². The van der Waals surface area contributed by atoms with Crippen LogP contribution in [0.3, 0.4) is 0 Å². The first-order valence-corrected chi connectivity index (χ1v) is 13.5. The molecule has 11 nitrogen and oxygen atoms in total. The summed E-state index contributed by atoms with van der Waals surface area (Å²) in [6.07, 6.45) is 5.94. The van der Waals surface area contributed by atoms with Gasteiger partial charge in [0, 0.05) is 37.8 Å². The van der Waals surface area contributed by atoms with Crippen LogP contribution in [0.4, 0.5) is 11.8 Å². The number of amides is 1. The molecule has 1 amide bonds. The predicted octanol–water partition coefficient (Wildman–Crippen LogP) is 3.01. The number of carbonyl (C=O) groups is 2. The summed E-state index contributed by atoms with van der Waals surface area (Å²) >= 11 is 0. The van der Waals surface area contributed by atoms with Crippen molar-refractivity contribution < 1.29 is 23.8 Å². The molecule has 4 rings (SSSR count). The normalized spacial score (nSPS) is 13.4. The highest BCUT2D eigenvalue weighted by molar-refractivity contribution is 5.87. The summed E-state index contributed by atoms with van der Waals surface area (Å²) in [6.45, 7) is 5.33. The number of aromatic nitrogens is 3. The average Bonchev–Trinajstić information content (AvgIpc) is 3.35. The molecular weight excluding hydrogens is 500 g/mol. The maximum Gasteiger partial charge on any atom is 0.306 e. The van der Waals surface area contributed by atoms with Crippen molar-refractivity contribution in [2.75, 3.05) is 57.6 Å². The highest BCUT2D eigenvalue weighted by atomic mass is 16.5. The first-order chi connectivity index (χ1) is 19.0. The average molecular weight is 539 g/mol.